The lowest BCUT2D eigenvalue weighted by Gasteiger charge is -2.39. The van der Waals surface area contributed by atoms with Crippen molar-refractivity contribution >= 4 is 11.9 Å². The van der Waals surface area contributed by atoms with Gasteiger partial charge in [-0.15, -0.1) is 0 Å². The number of carboxylic acids is 2. The fraction of sp³-hybridized carbons (Fsp3) is 0.846. The molecule has 1 aliphatic rings. The summed E-state index contributed by atoms with van der Waals surface area (Å²) in [5.41, 5.74) is 0. The first-order valence-corrected chi connectivity index (χ1v) is 6.30. The molecule has 0 radical (unpaired) electrons. The molecule has 0 spiro atoms. The average Bonchev–Trinajstić information content (AvgIpc) is 2.15. The van der Waals surface area contributed by atoms with Gasteiger partial charge in [0.1, 0.15) is 0 Å². The lowest BCUT2D eigenvalue weighted by molar-refractivity contribution is -0.160. The van der Waals surface area contributed by atoms with E-state index in [9.17, 15) is 9.59 Å². The third kappa shape index (κ3) is 3.20. The highest BCUT2D eigenvalue weighted by atomic mass is 16.4. The van der Waals surface area contributed by atoms with Gasteiger partial charge in [-0.1, -0.05) is 27.2 Å². The molecule has 0 amide bonds. The Bertz CT molecular complexity index is 284. The first kappa shape index (κ1) is 14.0. The normalized spacial score (nSPS) is 29.6. The van der Waals surface area contributed by atoms with Crippen LogP contribution in [0.3, 0.4) is 0 Å². The summed E-state index contributed by atoms with van der Waals surface area (Å²) >= 11 is 0. The van der Waals surface area contributed by atoms with Crippen molar-refractivity contribution in [3.8, 4) is 0 Å². The van der Waals surface area contributed by atoms with E-state index in [1.165, 1.54) is 0 Å². The molecule has 4 nitrogen and oxygen atoms in total. The van der Waals surface area contributed by atoms with Crippen LogP contribution < -0.4 is 0 Å². The Balaban J connectivity index is 2.94. The van der Waals surface area contributed by atoms with Crippen molar-refractivity contribution in [2.45, 2.75) is 40.0 Å². The molecule has 4 heteroatoms. The van der Waals surface area contributed by atoms with E-state index in [2.05, 4.69) is 20.8 Å². The van der Waals surface area contributed by atoms with E-state index in [1.807, 2.05) is 0 Å². The second-order valence-corrected chi connectivity index (χ2v) is 5.64. The number of rotatable bonds is 4. The molecule has 98 valence electrons. The van der Waals surface area contributed by atoms with E-state index in [1.54, 1.807) is 0 Å². The number of hydrogen-bond acceptors (Lipinski definition) is 2. The molecule has 1 fully saturated rings. The summed E-state index contributed by atoms with van der Waals surface area (Å²) in [7, 11) is 0. The molecule has 1 aliphatic carbocycles. The van der Waals surface area contributed by atoms with Gasteiger partial charge in [0.2, 0.25) is 0 Å². The Morgan fingerprint density at radius 2 is 1.59 bits per heavy atom. The molecule has 17 heavy (non-hydrogen) atoms. The third-order valence-electron chi connectivity index (χ3n) is 4.03. The topological polar surface area (TPSA) is 74.6 Å². The quantitative estimate of drug-likeness (QED) is 0.743. The zero-order valence-corrected chi connectivity index (χ0v) is 10.7. The molecule has 3 atom stereocenters. The van der Waals surface area contributed by atoms with E-state index < -0.39 is 17.9 Å². The van der Waals surface area contributed by atoms with Crippen LogP contribution in [0.4, 0.5) is 0 Å². The predicted molar refractivity (Wildman–Crippen MR) is 63.6 cm³/mol. The summed E-state index contributed by atoms with van der Waals surface area (Å²) in [6.45, 7) is 6.17. The van der Waals surface area contributed by atoms with Gasteiger partial charge in [0.05, 0.1) is 0 Å². The molecule has 0 unspecified atom stereocenters. The maximum absolute atomic E-state index is 11.1. The lowest BCUT2D eigenvalue weighted by atomic mass is 9.65. The second-order valence-electron chi connectivity index (χ2n) is 5.64. The van der Waals surface area contributed by atoms with Crippen LogP contribution in [0.2, 0.25) is 0 Å². The molecule has 1 rings (SSSR count). The monoisotopic (exact) mass is 242 g/mol. The zero-order valence-electron chi connectivity index (χ0n) is 10.7. The van der Waals surface area contributed by atoms with Crippen LogP contribution in [0.15, 0.2) is 0 Å². The first-order chi connectivity index (χ1) is 7.84. The van der Waals surface area contributed by atoms with Crippen molar-refractivity contribution < 1.29 is 19.8 Å². The van der Waals surface area contributed by atoms with Gasteiger partial charge in [-0.3, -0.25) is 9.59 Å². The van der Waals surface area contributed by atoms with Gasteiger partial charge in [-0.2, -0.15) is 0 Å². The van der Waals surface area contributed by atoms with Crippen molar-refractivity contribution in [3.05, 3.63) is 0 Å². The van der Waals surface area contributed by atoms with Crippen LogP contribution in [0.5, 0.6) is 0 Å². The fourth-order valence-electron chi connectivity index (χ4n) is 3.13. The molecule has 0 aliphatic heterocycles. The summed E-state index contributed by atoms with van der Waals surface area (Å²) in [6, 6.07) is 0. The summed E-state index contributed by atoms with van der Waals surface area (Å²) in [5, 5.41) is 18.2. The van der Waals surface area contributed by atoms with E-state index in [0.717, 1.165) is 12.8 Å². The SMILES string of the molecule is CC(C)[C@@H]1CC[C@@H](C)C[C@H]1C(C(=O)O)C(=O)O. The maximum Gasteiger partial charge on any atom is 0.318 e. The van der Waals surface area contributed by atoms with Crippen molar-refractivity contribution in [2.75, 3.05) is 0 Å². The predicted octanol–water partition coefficient (Wildman–Crippen LogP) is 2.48. The van der Waals surface area contributed by atoms with E-state index in [0.29, 0.717) is 18.3 Å². The van der Waals surface area contributed by atoms with Gasteiger partial charge in [-0.25, -0.2) is 0 Å². The molecule has 2 N–H and O–H groups in total. The minimum atomic E-state index is -1.25. The minimum Gasteiger partial charge on any atom is -0.481 e. The zero-order chi connectivity index (χ0) is 13.2. The Hall–Kier alpha value is -1.06. The van der Waals surface area contributed by atoms with Gasteiger partial charge in [0, 0.05) is 0 Å². The molecular formula is C13H22O4. The standard InChI is InChI=1S/C13H22O4/c1-7(2)9-5-4-8(3)6-10(9)11(12(14)15)13(16)17/h7-11H,4-6H2,1-3H3,(H,14,15)(H,16,17)/t8-,9+,10-/m1/s1. The Morgan fingerprint density at radius 3 is 2.00 bits per heavy atom. The summed E-state index contributed by atoms with van der Waals surface area (Å²) < 4.78 is 0. The van der Waals surface area contributed by atoms with E-state index in [4.69, 9.17) is 10.2 Å². The largest absolute Gasteiger partial charge is 0.481 e. The van der Waals surface area contributed by atoms with Crippen LogP contribution in [0.1, 0.15) is 40.0 Å². The van der Waals surface area contributed by atoms with Crippen LogP contribution in [0.25, 0.3) is 0 Å². The van der Waals surface area contributed by atoms with Gasteiger partial charge < -0.3 is 10.2 Å². The first-order valence-electron chi connectivity index (χ1n) is 6.30. The molecule has 0 bridgehead atoms. The van der Waals surface area contributed by atoms with E-state index >= 15 is 0 Å². The van der Waals surface area contributed by atoms with Crippen molar-refractivity contribution in [2.24, 2.45) is 29.6 Å². The average molecular weight is 242 g/mol. The van der Waals surface area contributed by atoms with Crippen LogP contribution in [-0.4, -0.2) is 22.2 Å². The van der Waals surface area contributed by atoms with Gasteiger partial charge in [0.15, 0.2) is 5.92 Å². The summed E-state index contributed by atoms with van der Waals surface area (Å²) in [4.78, 5) is 22.3. The highest BCUT2D eigenvalue weighted by Crippen LogP contribution is 2.42. The molecular weight excluding hydrogens is 220 g/mol. The Morgan fingerprint density at radius 1 is 1.06 bits per heavy atom. The van der Waals surface area contributed by atoms with Crippen molar-refractivity contribution in [1.82, 2.24) is 0 Å². The number of carboxylic acid groups (broad SMARTS) is 2. The van der Waals surface area contributed by atoms with Gasteiger partial charge in [0.25, 0.3) is 0 Å². The van der Waals surface area contributed by atoms with Gasteiger partial charge >= 0.3 is 11.9 Å². The summed E-state index contributed by atoms with van der Waals surface area (Å²) in [5.74, 6) is -2.88. The lowest BCUT2D eigenvalue weighted by Crippen LogP contribution is -2.40. The van der Waals surface area contributed by atoms with Gasteiger partial charge in [-0.05, 0) is 36.5 Å². The smallest absolute Gasteiger partial charge is 0.318 e. The van der Waals surface area contributed by atoms with Crippen molar-refractivity contribution in [1.29, 1.82) is 0 Å². The second kappa shape index (κ2) is 5.52. The molecule has 0 heterocycles. The van der Waals surface area contributed by atoms with Crippen LogP contribution >= 0.6 is 0 Å². The van der Waals surface area contributed by atoms with E-state index in [-0.39, 0.29) is 11.8 Å². The number of aliphatic carboxylic acids is 2. The highest BCUT2D eigenvalue weighted by molar-refractivity contribution is 5.93. The molecule has 0 aromatic rings. The molecule has 0 aromatic heterocycles. The third-order valence-corrected chi connectivity index (χ3v) is 4.03. The molecule has 1 saturated carbocycles. The fourth-order valence-corrected chi connectivity index (χ4v) is 3.13. The number of hydrogen-bond donors (Lipinski definition) is 2. The Kier molecular flexibility index (Phi) is 4.54. The Labute approximate surface area is 102 Å². The molecule has 0 saturated heterocycles. The maximum atomic E-state index is 11.1. The summed E-state index contributed by atoms with van der Waals surface area (Å²) in [6.07, 6.45) is 2.73. The number of carbonyl (C=O) groups is 2. The van der Waals surface area contributed by atoms with Crippen LogP contribution in [-0.2, 0) is 9.59 Å². The van der Waals surface area contributed by atoms with Crippen LogP contribution in [0, 0.1) is 29.6 Å². The van der Waals surface area contributed by atoms with Crippen molar-refractivity contribution in [3.63, 3.8) is 0 Å². The highest BCUT2D eigenvalue weighted by Gasteiger charge is 2.42. The minimum absolute atomic E-state index is 0.211. The molecule has 0 aromatic carbocycles.